The van der Waals surface area contributed by atoms with Crippen molar-refractivity contribution in [2.45, 2.75) is 39.3 Å². The predicted molar refractivity (Wildman–Crippen MR) is 98.9 cm³/mol. The lowest BCUT2D eigenvalue weighted by atomic mass is 9.90. The standard InChI is InChI=1S/C20H21ClFNO3/c1-20(2,3)26-19(25)23-7-6-16-17(11-23)15(4-5-18(16)22)12-8-13(21)10-14(24)9-12/h4-5,8-10,24H,6-7,11H2,1-3H3. The van der Waals surface area contributed by atoms with Crippen molar-refractivity contribution in [2.75, 3.05) is 6.54 Å². The molecule has 4 nitrogen and oxygen atoms in total. The number of amides is 1. The smallest absolute Gasteiger partial charge is 0.410 e. The molecular formula is C20H21ClFNO3. The van der Waals surface area contributed by atoms with E-state index in [1.165, 1.54) is 12.1 Å². The first-order chi connectivity index (χ1) is 12.1. The minimum atomic E-state index is -0.596. The molecule has 0 saturated heterocycles. The molecular weight excluding hydrogens is 357 g/mol. The van der Waals surface area contributed by atoms with Gasteiger partial charge >= 0.3 is 6.09 Å². The molecule has 2 aromatic rings. The molecule has 138 valence electrons. The van der Waals surface area contributed by atoms with Gasteiger partial charge in [0.15, 0.2) is 0 Å². The molecule has 0 spiro atoms. The van der Waals surface area contributed by atoms with Crippen LogP contribution >= 0.6 is 11.6 Å². The second-order valence-electron chi connectivity index (χ2n) is 7.40. The molecule has 1 aliphatic rings. The Morgan fingerprint density at radius 1 is 1.23 bits per heavy atom. The summed E-state index contributed by atoms with van der Waals surface area (Å²) in [6, 6.07) is 7.79. The summed E-state index contributed by atoms with van der Waals surface area (Å²) in [5.41, 5.74) is 2.12. The fourth-order valence-electron chi connectivity index (χ4n) is 3.11. The van der Waals surface area contributed by atoms with E-state index in [2.05, 4.69) is 0 Å². The third-order valence-electron chi connectivity index (χ3n) is 4.20. The highest BCUT2D eigenvalue weighted by atomic mass is 35.5. The van der Waals surface area contributed by atoms with Gasteiger partial charge in [-0.2, -0.15) is 0 Å². The Morgan fingerprint density at radius 2 is 1.96 bits per heavy atom. The Hall–Kier alpha value is -2.27. The summed E-state index contributed by atoms with van der Waals surface area (Å²) in [4.78, 5) is 14.0. The van der Waals surface area contributed by atoms with Crippen LogP contribution in [0.25, 0.3) is 11.1 Å². The topological polar surface area (TPSA) is 49.8 Å². The van der Waals surface area contributed by atoms with Crippen LogP contribution in [0.1, 0.15) is 31.9 Å². The second-order valence-corrected chi connectivity index (χ2v) is 7.84. The maximum atomic E-state index is 14.3. The van der Waals surface area contributed by atoms with Gasteiger partial charge in [-0.1, -0.05) is 17.7 Å². The van der Waals surface area contributed by atoms with Crippen LogP contribution in [0.4, 0.5) is 9.18 Å². The number of ether oxygens (including phenoxy) is 1. The van der Waals surface area contributed by atoms with E-state index in [-0.39, 0.29) is 18.1 Å². The van der Waals surface area contributed by atoms with Gasteiger partial charge in [-0.25, -0.2) is 9.18 Å². The Bertz CT molecular complexity index is 841. The lowest BCUT2D eigenvalue weighted by molar-refractivity contribution is 0.0223. The van der Waals surface area contributed by atoms with Gasteiger partial charge in [0.1, 0.15) is 17.2 Å². The molecule has 0 atom stereocenters. The van der Waals surface area contributed by atoms with Crippen LogP contribution in [0, 0.1) is 5.82 Å². The molecule has 0 fully saturated rings. The Morgan fingerprint density at radius 3 is 2.62 bits per heavy atom. The molecule has 0 unspecified atom stereocenters. The van der Waals surface area contributed by atoms with E-state index >= 15 is 0 Å². The summed E-state index contributed by atoms with van der Waals surface area (Å²) in [6.45, 7) is 6.06. The van der Waals surface area contributed by atoms with Gasteiger partial charge < -0.3 is 14.7 Å². The molecule has 0 radical (unpaired) electrons. The molecule has 0 aromatic heterocycles. The Kier molecular flexibility index (Phi) is 4.84. The molecule has 26 heavy (non-hydrogen) atoms. The van der Waals surface area contributed by atoms with Crippen molar-refractivity contribution < 1.29 is 19.0 Å². The van der Waals surface area contributed by atoms with Gasteiger partial charge in [0.25, 0.3) is 0 Å². The highest BCUT2D eigenvalue weighted by Crippen LogP contribution is 2.35. The van der Waals surface area contributed by atoms with Gasteiger partial charge in [-0.3, -0.25) is 0 Å². The van der Waals surface area contributed by atoms with Crippen molar-refractivity contribution in [1.29, 1.82) is 0 Å². The predicted octanol–water partition coefficient (Wildman–Crippen LogP) is 5.14. The summed E-state index contributed by atoms with van der Waals surface area (Å²) in [7, 11) is 0. The molecule has 1 amide bonds. The maximum absolute atomic E-state index is 14.3. The monoisotopic (exact) mass is 377 g/mol. The molecule has 3 rings (SSSR count). The molecule has 1 aliphatic heterocycles. The van der Waals surface area contributed by atoms with Crippen LogP contribution in [0.15, 0.2) is 30.3 Å². The zero-order chi connectivity index (χ0) is 19.1. The van der Waals surface area contributed by atoms with Crippen LogP contribution in [-0.4, -0.2) is 28.2 Å². The summed E-state index contributed by atoms with van der Waals surface area (Å²) in [5, 5.41) is 10.2. The number of carbonyl (C=O) groups excluding carboxylic acids is 1. The van der Waals surface area contributed by atoms with Gasteiger partial charge in [0.2, 0.25) is 0 Å². The maximum Gasteiger partial charge on any atom is 0.410 e. The molecule has 1 heterocycles. The summed E-state index contributed by atoms with van der Waals surface area (Å²) < 4.78 is 19.8. The number of hydrogen-bond acceptors (Lipinski definition) is 3. The quantitative estimate of drug-likeness (QED) is 0.748. The minimum absolute atomic E-state index is 0.0328. The minimum Gasteiger partial charge on any atom is -0.508 e. The SMILES string of the molecule is CC(C)(C)OC(=O)N1CCc2c(F)ccc(-c3cc(O)cc(Cl)c3)c2C1. The fraction of sp³-hybridized carbons (Fsp3) is 0.350. The molecule has 0 aliphatic carbocycles. The van der Waals surface area contributed by atoms with E-state index in [1.807, 2.05) is 20.8 Å². The highest BCUT2D eigenvalue weighted by Gasteiger charge is 2.28. The van der Waals surface area contributed by atoms with Crippen molar-refractivity contribution in [2.24, 2.45) is 0 Å². The Labute approximate surface area is 157 Å². The van der Waals surface area contributed by atoms with Crippen molar-refractivity contribution in [3.63, 3.8) is 0 Å². The summed E-state index contributed by atoms with van der Waals surface area (Å²) in [6.07, 6.45) is -0.0202. The third kappa shape index (κ3) is 3.93. The van der Waals surface area contributed by atoms with Gasteiger partial charge in [-0.05, 0) is 73.7 Å². The van der Waals surface area contributed by atoms with Crippen LogP contribution in [-0.2, 0) is 17.7 Å². The van der Waals surface area contributed by atoms with Crippen molar-refractivity contribution in [3.8, 4) is 16.9 Å². The van der Waals surface area contributed by atoms with Crippen molar-refractivity contribution in [1.82, 2.24) is 4.90 Å². The van der Waals surface area contributed by atoms with E-state index in [0.29, 0.717) is 34.7 Å². The van der Waals surface area contributed by atoms with Gasteiger partial charge in [0, 0.05) is 18.1 Å². The number of rotatable bonds is 1. The first kappa shape index (κ1) is 18.5. The van der Waals surface area contributed by atoms with E-state index < -0.39 is 11.7 Å². The van der Waals surface area contributed by atoms with E-state index in [4.69, 9.17) is 16.3 Å². The zero-order valence-electron chi connectivity index (χ0n) is 15.0. The second kappa shape index (κ2) is 6.80. The average Bonchev–Trinajstić information content (AvgIpc) is 2.52. The first-order valence-corrected chi connectivity index (χ1v) is 8.80. The summed E-state index contributed by atoms with van der Waals surface area (Å²) in [5.74, 6) is -0.260. The highest BCUT2D eigenvalue weighted by molar-refractivity contribution is 6.31. The number of phenols is 1. The zero-order valence-corrected chi connectivity index (χ0v) is 15.7. The summed E-state index contributed by atoms with van der Waals surface area (Å²) >= 11 is 6.05. The van der Waals surface area contributed by atoms with Gasteiger partial charge in [-0.15, -0.1) is 0 Å². The van der Waals surface area contributed by atoms with E-state index in [0.717, 1.165) is 5.56 Å². The fourth-order valence-corrected chi connectivity index (χ4v) is 3.34. The normalized spacial score (nSPS) is 14.1. The third-order valence-corrected chi connectivity index (χ3v) is 4.42. The number of phenolic OH excluding ortho intramolecular Hbond substituents is 1. The number of carbonyl (C=O) groups is 1. The van der Waals surface area contributed by atoms with Crippen LogP contribution in [0.2, 0.25) is 5.02 Å². The molecule has 0 bridgehead atoms. The van der Waals surface area contributed by atoms with Crippen molar-refractivity contribution >= 4 is 17.7 Å². The van der Waals surface area contributed by atoms with E-state index in [9.17, 15) is 14.3 Å². The van der Waals surface area contributed by atoms with Crippen LogP contribution in [0.5, 0.6) is 5.75 Å². The van der Waals surface area contributed by atoms with Crippen LogP contribution in [0.3, 0.4) is 0 Å². The molecule has 1 N–H and O–H groups in total. The van der Waals surface area contributed by atoms with Crippen molar-refractivity contribution in [3.05, 3.63) is 52.3 Å². The van der Waals surface area contributed by atoms with E-state index in [1.54, 1.807) is 23.1 Å². The molecule has 2 aromatic carbocycles. The van der Waals surface area contributed by atoms with Gasteiger partial charge in [0.05, 0.1) is 0 Å². The lowest BCUT2D eigenvalue weighted by Gasteiger charge is -2.32. The Balaban J connectivity index is 2.00. The molecule has 0 saturated carbocycles. The molecule has 6 heteroatoms. The largest absolute Gasteiger partial charge is 0.508 e. The number of benzene rings is 2. The number of aromatic hydroxyl groups is 1. The number of nitrogens with zero attached hydrogens (tertiary/aromatic N) is 1. The number of halogens is 2. The lowest BCUT2D eigenvalue weighted by Crippen LogP contribution is -2.40. The van der Waals surface area contributed by atoms with Crippen LogP contribution < -0.4 is 0 Å². The average molecular weight is 378 g/mol. The number of fused-ring (bicyclic) bond motifs is 1. The first-order valence-electron chi connectivity index (χ1n) is 8.42. The number of hydrogen-bond donors (Lipinski definition) is 1.